The zero-order chi connectivity index (χ0) is 7.68. The SMILES string of the molecule is OC1CCCCc2c[nH]cc21. The minimum atomic E-state index is -0.223. The van der Waals surface area contributed by atoms with Gasteiger partial charge in [0.05, 0.1) is 6.10 Å². The quantitative estimate of drug-likeness (QED) is 0.545. The van der Waals surface area contributed by atoms with Crippen molar-refractivity contribution in [1.82, 2.24) is 4.98 Å². The van der Waals surface area contributed by atoms with Crippen molar-refractivity contribution in [2.24, 2.45) is 0 Å². The first kappa shape index (κ1) is 6.92. The fourth-order valence-electron chi connectivity index (χ4n) is 1.74. The molecule has 0 radical (unpaired) electrons. The number of fused-ring (bicyclic) bond motifs is 1. The van der Waals surface area contributed by atoms with E-state index in [-0.39, 0.29) is 6.10 Å². The van der Waals surface area contributed by atoms with Crippen LogP contribution in [0.1, 0.15) is 36.5 Å². The maximum atomic E-state index is 9.61. The Morgan fingerprint density at radius 2 is 2.27 bits per heavy atom. The maximum absolute atomic E-state index is 9.61. The molecule has 2 N–H and O–H groups in total. The number of aliphatic hydroxyl groups excluding tert-OH is 1. The molecule has 0 amide bonds. The summed E-state index contributed by atoms with van der Waals surface area (Å²) >= 11 is 0. The number of aliphatic hydroxyl groups is 1. The second kappa shape index (κ2) is 2.70. The molecule has 0 bridgehead atoms. The van der Waals surface area contributed by atoms with Gasteiger partial charge in [-0.05, 0) is 24.8 Å². The third kappa shape index (κ3) is 1.18. The minimum Gasteiger partial charge on any atom is -0.388 e. The van der Waals surface area contributed by atoms with Gasteiger partial charge in [-0.2, -0.15) is 0 Å². The van der Waals surface area contributed by atoms with Crippen molar-refractivity contribution in [3.63, 3.8) is 0 Å². The standard InChI is InChI=1S/C9H13NO/c11-9-4-2-1-3-7-5-10-6-8(7)9/h5-6,9-11H,1-4H2. The van der Waals surface area contributed by atoms with Crippen LogP contribution in [-0.2, 0) is 6.42 Å². The van der Waals surface area contributed by atoms with Crippen LogP contribution >= 0.6 is 0 Å². The average molecular weight is 151 g/mol. The normalized spacial score (nSPS) is 24.3. The number of aromatic amines is 1. The van der Waals surface area contributed by atoms with E-state index >= 15 is 0 Å². The van der Waals surface area contributed by atoms with E-state index in [4.69, 9.17) is 0 Å². The molecular weight excluding hydrogens is 138 g/mol. The van der Waals surface area contributed by atoms with Gasteiger partial charge in [0, 0.05) is 18.0 Å². The van der Waals surface area contributed by atoms with Crippen molar-refractivity contribution >= 4 is 0 Å². The summed E-state index contributed by atoms with van der Waals surface area (Å²) in [6.07, 6.45) is 8.10. The van der Waals surface area contributed by atoms with Crippen LogP contribution in [0.2, 0.25) is 0 Å². The zero-order valence-electron chi connectivity index (χ0n) is 6.51. The molecule has 11 heavy (non-hydrogen) atoms. The van der Waals surface area contributed by atoms with E-state index in [2.05, 4.69) is 4.98 Å². The molecule has 0 saturated heterocycles. The van der Waals surface area contributed by atoms with Crippen LogP contribution in [0.25, 0.3) is 0 Å². The summed E-state index contributed by atoms with van der Waals surface area (Å²) < 4.78 is 0. The minimum absolute atomic E-state index is 0.223. The van der Waals surface area contributed by atoms with E-state index in [1.54, 1.807) is 0 Å². The molecule has 60 valence electrons. The molecule has 1 aliphatic rings. The first-order valence-electron chi connectivity index (χ1n) is 4.21. The van der Waals surface area contributed by atoms with Crippen LogP contribution in [0.4, 0.5) is 0 Å². The van der Waals surface area contributed by atoms with Crippen molar-refractivity contribution in [3.8, 4) is 0 Å². The number of nitrogens with one attached hydrogen (secondary N) is 1. The van der Waals surface area contributed by atoms with Crippen LogP contribution in [0.5, 0.6) is 0 Å². The molecule has 1 heterocycles. The lowest BCUT2D eigenvalue weighted by atomic mass is 10.1. The Labute approximate surface area is 66.3 Å². The Morgan fingerprint density at radius 1 is 1.36 bits per heavy atom. The van der Waals surface area contributed by atoms with Gasteiger partial charge in [-0.15, -0.1) is 0 Å². The van der Waals surface area contributed by atoms with E-state index in [1.807, 2.05) is 12.4 Å². The molecule has 0 saturated carbocycles. The summed E-state index contributed by atoms with van der Waals surface area (Å²) in [6.45, 7) is 0. The van der Waals surface area contributed by atoms with Crippen molar-refractivity contribution in [2.45, 2.75) is 31.8 Å². The predicted molar refractivity (Wildman–Crippen MR) is 43.3 cm³/mol. The summed E-state index contributed by atoms with van der Waals surface area (Å²) in [5.74, 6) is 0. The molecule has 1 atom stereocenters. The lowest BCUT2D eigenvalue weighted by Gasteiger charge is -2.05. The van der Waals surface area contributed by atoms with E-state index in [9.17, 15) is 5.11 Å². The fraction of sp³-hybridized carbons (Fsp3) is 0.556. The molecule has 0 fully saturated rings. The number of aromatic nitrogens is 1. The molecular formula is C9H13NO. The highest BCUT2D eigenvalue weighted by molar-refractivity contribution is 5.26. The molecule has 2 heteroatoms. The summed E-state index contributed by atoms with van der Waals surface area (Å²) in [6, 6.07) is 0. The lowest BCUT2D eigenvalue weighted by molar-refractivity contribution is 0.167. The highest BCUT2D eigenvalue weighted by Gasteiger charge is 2.15. The summed E-state index contributed by atoms with van der Waals surface area (Å²) in [5.41, 5.74) is 2.41. The predicted octanol–water partition coefficient (Wildman–Crippen LogP) is 1.77. The lowest BCUT2D eigenvalue weighted by Crippen LogP contribution is -1.94. The summed E-state index contributed by atoms with van der Waals surface area (Å²) in [4.78, 5) is 3.04. The molecule has 1 aromatic heterocycles. The van der Waals surface area contributed by atoms with Crippen LogP contribution < -0.4 is 0 Å². The topological polar surface area (TPSA) is 36.0 Å². The number of aryl methyl sites for hydroxylation is 1. The molecule has 1 aliphatic carbocycles. The van der Waals surface area contributed by atoms with Gasteiger partial charge < -0.3 is 10.1 Å². The van der Waals surface area contributed by atoms with Gasteiger partial charge >= 0.3 is 0 Å². The van der Waals surface area contributed by atoms with Gasteiger partial charge in [-0.3, -0.25) is 0 Å². The molecule has 0 aliphatic heterocycles. The van der Waals surface area contributed by atoms with Crippen molar-refractivity contribution in [2.75, 3.05) is 0 Å². The first-order chi connectivity index (χ1) is 5.38. The van der Waals surface area contributed by atoms with Gasteiger partial charge in [-0.1, -0.05) is 6.42 Å². The fourth-order valence-corrected chi connectivity index (χ4v) is 1.74. The monoisotopic (exact) mass is 151 g/mol. The van der Waals surface area contributed by atoms with Crippen LogP contribution in [0.3, 0.4) is 0 Å². The summed E-state index contributed by atoms with van der Waals surface area (Å²) in [5, 5.41) is 9.61. The van der Waals surface area contributed by atoms with E-state index in [0.29, 0.717) is 0 Å². The highest BCUT2D eigenvalue weighted by Crippen LogP contribution is 2.27. The van der Waals surface area contributed by atoms with Crippen molar-refractivity contribution in [3.05, 3.63) is 23.5 Å². The molecule has 2 rings (SSSR count). The molecule has 1 aromatic rings. The van der Waals surface area contributed by atoms with Crippen molar-refractivity contribution < 1.29 is 5.11 Å². The second-order valence-electron chi connectivity index (χ2n) is 3.20. The first-order valence-corrected chi connectivity index (χ1v) is 4.21. The Morgan fingerprint density at radius 3 is 3.18 bits per heavy atom. The third-order valence-electron chi connectivity index (χ3n) is 2.40. The van der Waals surface area contributed by atoms with Gasteiger partial charge in [0.2, 0.25) is 0 Å². The highest BCUT2D eigenvalue weighted by atomic mass is 16.3. The van der Waals surface area contributed by atoms with Crippen LogP contribution in [0.15, 0.2) is 12.4 Å². The number of rotatable bonds is 0. The van der Waals surface area contributed by atoms with Gasteiger partial charge in [0.15, 0.2) is 0 Å². The Bertz CT molecular complexity index is 241. The molecule has 2 nitrogen and oxygen atoms in total. The molecule has 0 spiro atoms. The smallest absolute Gasteiger partial charge is 0.0807 e. The van der Waals surface area contributed by atoms with Crippen molar-refractivity contribution in [1.29, 1.82) is 0 Å². The van der Waals surface area contributed by atoms with Gasteiger partial charge in [0.25, 0.3) is 0 Å². The number of H-pyrrole nitrogens is 1. The molecule has 1 unspecified atom stereocenters. The van der Waals surface area contributed by atoms with Crippen LogP contribution in [0, 0.1) is 0 Å². The maximum Gasteiger partial charge on any atom is 0.0807 e. The van der Waals surface area contributed by atoms with Gasteiger partial charge in [0.1, 0.15) is 0 Å². The Kier molecular flexibility index (Phi) is 1.70. The third-order valence-corrected chi connectivity index (χ3v) is 2.40. The Balaban J connectivity index is 2.34. The largest absolute Gasteiger partial charge is 0.388 e. The van der Waals surface area contributed by atoms with Gasteiger partial charge in [-0.25, -0.2) is 0 Å². The zero-order valence-corrected chi connectivity index (χ0v) is 6.51. The van der Waals surface area contributed by atoms with Crippen LogP contribution in [-0.4, -0.2) is 10.1 Å². The summed E-state index contributed by atoms with van der Waals surface area (Å²) in [7, 11) is 0. The van der Waals surface area contributed by atoms with E-state index in [0.717, 1.165) is 24.8 Å². The second-order valence-corrected chi connectivity index (χ2v) is 3.20. The van der Waals surface area contributed by atoms with E-state index in [1.165, 1.54) is 12.0 Å². The Hall–Kier alpha value is -0.760. The number of hydrogen-bond acceptors (Lipinski definition) is 1. The average Bonchev–Trinajstić information content (AvgIpc) is 2.40. The van der Waals surface area contributed by atoms with E-state index < -0.39 is 0 Å². The molecule has 0 aromatic carbocycles. The number of hydrogen-bond donors (Lipinski definition) is 2.